The van der Waals surface area contributed by atoms with E-state index in [1.54, 1.807) is 6.08 Å². The van der Waals surface area contributed by atoms with Crippen LogP contribution in [0.5, 0.6) is 0 Å². The molecule has 14 heteroatoms. The van der Waals surface area contributed by atoms with Crippen LogP contribution in [0, 0.1) is 0 Å². The Hall–Kier alpha value is -1.79. The van der Waals surface area contributed by atoms with Crippen molar-refractivity contribution in [2.45, 2.75) is 299 Å². The molecule has 0 aliphatic carbocycles. The van der Waals surface area contributed by atoms with E-state index in [4.69, 9.17) is 18.9 Å². The summed E-state index contributed by atoms with van der Waals surface area (Å²) in [6, 6.07) is -0.933. The van der Waals surface area contributed by atoms with Gasteiger partial charge in [0, 0.05) is 6.42 Å². The van der Waals surface area contributed by atoms with E-state index in [-0.39, 0.29) is 18.9 Å². The largest absolute Gasteiger partial charge is 0.394 e. The van der Waals surface area contributed by atoms with Gasteiger partial charge in [-0.1, -0.05) is 211 Å². The van der Waals surface area contributed by atoms with Crippen LogP contribution >= 0.6 is 0 Å². The molecule has 416 valence electrons. The zero-order chi connectivity index (χ0) is 51.7. The third-order valence-electron chi connectivity index (χ3n) is 14.1. The molecule has 2 saturated heterocycles. The summed E-state index contributed by atoms with van der Waals surface area (Å²) < 4.78 is 22.7. The van der Waals surface area contributed by atoms with Gasteiger partial charge in [0.05, 0.1) is 32.0 Å². The number of hydrogen-bond donors (Lipinski definition) is 9. The van der Waals surface area contributed by atoms with Gasteiger partial charge in [-0.25, -0.2) is 0 Å². The van der Waals surface area contributed by atoms with Crippen LogP contribution in [0.1, 0.15) is 226 Å². The number of rotatable bonds is 45. The fraction of sp³-hybridized carbons (Fsp3) is 0.877. The van der Waals surface area contributed by atoms with Crippen LogP contribution in [0.3, 0.4) is 0 Å². The first kappa shape index (κ1) is 65.3. The summed E-state index contributed by atoms with van der Waals surface area (Å²) in [6.45, 7) is 2.74. The maximum atomic E-state index is 13.1. The van der Waals surface area contributed by atoms with Crippen molar-refractivity contribution in [3.63, 3.8) is 0 Å². The quantitative estimate of drug-likeness (QED) is 0.0205. The zero-order valence-corrected chi connectivity index (χ0v) is 44.5. The lowest BCUT2D eigenvalue weighted by Gasteiger charge is -2.46. The van der Waals surface area contributed by atoms with Crippen LogP contribution < -0.4 is 5.32 Å². The summed E-state index contributed by atoms with van der Waals surface area (Å²) >= 11 is 0. The number of ether oxygens (including phenoxy) is 4. The third kappa shape index (κ3) is 29.8. The highest BCUT2D eigenvalue weighted by Gasteiger charge is 2.51. The molecule has 14 nitrogen and oxygen atoms in total. The van der Waals surface area contributed by atoms with Crippen LogP contribution in [-0.4, -0.2) is 140 Å². The number of aliphatic hydroxyl groups is 8. The Balaban J connectivity index is 1.72. The Bertz CT molecular complexity index is 1330. The maximum absolute atomic E-state index is 13.1. The fourth-order valence-electron chi connectivity index (χ4n) is 9.38. The van der Waals surface area contributed by atoms with Gasteiger partial charge in [-0.3, -0.25) is 4.79 Å². The molecule has 9 N–H and O–H groups in total. The highest BCUT2D eigenvalue weighted by atomic mass is 16.7. The van der Waals surface area contributed by atoms with Crippen molar-refractivity contribution in [2.75, 3.05) is 19.8 Å². The molecule has 12 unspecified atom stereocenters. The van der Waals surface area contributed by atoms with E-state index in [1.807, 2.05) is 6.08 Å². The Kier molecular flexibility index (Phi) is 40.0. The zero-order valence-electron chi connectivity index (χ0n) is 44.5. The molecule has 1 amide bonds. The molecule has 2 aliphatic rings. The summed E-state index contributed by atoms with van der Waals surface area (Å²) in [5, 5.41) is 86.7. The number of hydrogen-bond acceptors (Lipinski definition) is 13. The third-order valence-corrected chi connectivity index (χ3v) is 14.1. The van der Waals surface area contributed by atoms with Gasteiger partial charge in [0.25, 0.3) is 0 Å². The SMILES string of the molecule is CCCCCCCCCCCCCCCCCCCC/C=C/CC/C=C/CC/C=C/C(O)C(COC1OC(CO)C(OC2OC(CO)C(O)C(O)C2O)C(O)C1O)NC(=O)CCCCCCCCCCC. The van der Waals surface area contributed by atoms with Crippen LogP contribution in [0.2, 0.25) is 0 Å². The molecule has 2 fully saturated rings. The Morgan fingerprint density at radius 2 is 0.901 bits per heavy atom. The molecule has 0 radical (unpaired) electrons. The molecule has 2 heterocycles. The molecule has 2 aliphatic heterocycles. The van der Waals surface area contributed by atoms with Gasteiger partial charge in [-0.05, 0) is 44.9 Å². The Morgan fingerprint density at radius 3 is 1.38 bits per heavy atom. The number of unbranched alkanes of at least 4 members (excludes halogenated alkanes) is 28. The predicted octanol–water partition coefficient (Wildman–Crippen LogP) is 9.05. The van der Waals surface area contributed by atoms with Crippen molar-refractivity contribution in [1.29, 1.82) is 0 Å². The first-order chi connectivity index (χ1) is 34.6. The number of carbonyl (C=O) groups excluding carboxylic acids is 1. The molecule has 0 aromatic heterocycles. The average Bonchev–Trinajstić information content (AvgIpc) is 3.37. The fourth-order valence-corrected chi connectivity index (χ4v) is 9.38. The van der Waals surface area contributed by atoms with Crippen molar-refractivity contribution >= 4 is 5.91 Å². The standard InChI is InChI=1S/C57H105NO13/c1-3-5-7-9-11-13-14-15-16-17-18-19-20-21-22-23-24-25-26-27-28-29-30-31-33-34-36-38-40-46(61)45(58-49(62)41-39-37-35-32-12-10-8-6-4-2)44-68-56-54(67)52(65)55(48(43-60)70-56)71-57-53(66)51(64)50(63)47(42-59)69-57/h27-28,31,33,38,40,45-48,50-57,59-61,63-67H,3-26,29-30,32,34-37,39,41-44H2,1-2H3,(H,58,62)/b28-27+,33-31+,40-38+. The van der Waals surface area contributed by atoms with E-state index in [9.17, 15) is 45.6 Å². The van der Waals surface area contributed by atoms with Gasteiger partial charge in [-0.15, -0.1) is 0 Å². The Labute approximate surface area is 430 Å². The molecule has 0 bridgehead atoms. The maximum Gasteiger partial charge on any atom is 0.220 e. The summed E-state index contributed by atoms with van der Waals surface area (Å²) in [5.41, 5.74) is 0. The van der Waals surface area contributed by atoms with E-state index in [1.165, 1.54) is 148 Å². The Morgan fingerprint density at radius 1 is 0.493 bits per heavy atom. The molecule has 2 rings (SSSR count). The van der Waals surface area contributed by atoms with Crippen LogP contribution in [0.15, 0.2) is 36.5 Å². The monoisotopic (exact) mass is 1010 g/mol. The van der Waals surface area contributed by atoms with E-state index in [0.29, 0.717) is 12.8 Å². The first-order valence-electron chi connectivity index (χ1n) is 28.7. The predicted molar refractivity (Wildman–Crippen MR) is 281 cm³/mol. The van der Waals surface area contributed by atoms with Gasteiger partial charge in [0.15, 0.2) is 12.6 Å². The minimum absolute atomic E-state index is 0.257. The lowest BCUT2D eigenvalue weighted by atomic mass is 9.97. The summed E-state index contributed by atoms with van der Waals surface area (Å²) in [5.74, 6) is -0.257. The second-order valence-electron chi connectivity index (χ2n) is 20.4. The van der Waals surface area contributed by atoms with Gasteiger partial charge in [0.1, 0.15) is 48.8 Å². The van der Waals surface area contributed by atoms with Gasteiger partial charge in [0.2, 0.25) is 5.91 Å². The average molecular weight is 1010 g/mol. The van der Waals surface area contributed by atoms with E-state index in [0.717, 1.165) is 44.9 Å². The number of nitrogens with one attached hydrogen (secondary N) is 1. The molecule has 0 aromatic rings. The second kappa shape index (κ2) is 43.4. The van der Waals surface area contributed by atoms with Gasteiger partial charge in [-0.2, -0.15) is 0 Å². The highest BCUT2D eigenvalue weighted by Crippen LogP contribution is 2.30. The minimum atomic E-state index is -1.79. The minimum Gasteiger partial charge on any atom is -0.394 e. The van der Waals surface area contributed by atoms with Gasteiger partial charge < -0.3 is 65.1 Å². The highest BCUT2D eigenvalue weighted by molar-refractivity contribution is 5.76. The van der Waals surface area contributed by atoms with Crippen molar-refractivity contribution in [1.82, 2.24) is 5.32 Å². The van der Waals surface area contributed by atoms with Crippen molar-refractivity contribution in [2.24, 2.45) is 0 Å². The van der Waals surface area contributed by atoms with Crippen LogP contribution in [-0.2, 0) is 23.7 Å². The molecule has 71 heavy (non-hydrogen) atoms. The number of allylic oxidation sites excluding steroid dienone is 5. The van der Waals surface area contributed by atoms with Crippen LogP contribution in [0.4, 0.5) is 0 Å². The number of amides is 1. The van der Waals surface area contributed by atoms with E-state index in [2.05, 4.69) is 43.5 Å². The van der Waals surface area contributed by atoms with Gasteiger partial charge >= 0.3 is 0 Å². The molecule has 12 atom stereocenters. The summed E-state index contributed by atoms with van der Waals surface area (Å²) in [7, 11) is 0. The second-order valence-corrected chi connectivity index (χ2v) is 20.4. The molecular weight excluding hydrogens is 907 g/mol. The lowest BCUT2D eigenvalue weighted by molar-refractivity contribution is -0.359. The normalized spacial score (nSPS) is 26.0. The number of carbonyl (C=O) groups is 1. The van der Waals surface area contributed by atoms with Crippen molar-refractivity contribution < 1.29 is 64.6 Å². The molecule has 0 aromatic carbocycles. The van der Waals surface area contributed by atoms with Crippen LogP contribution in [0.25, 0.3) is 0 Å². The van der Waals surface area contributed by atoms with E-state index < -0.39 is 86.8 Å². The smallest absolute Gasteiger partial charge is 0.220 e. The topological polar surface area (TPSA) is 228 Å². The summed E-state index contributed by atoms with van der Waals surface area (Å²) in [6.07, 6.45) is 35.1. The molecular formula is C57H105NO13. The number of aliphatic hydroxyl groups excluding tert-OH is 8. The van der Waals surface area contributed by atoms with Crippen molar-refractivity contribution in [3.05, 3.63) is 36.5 Å². The molecule has 0 saturated carbocycles. The molecule has 0 spiro atoms. The van der Waals surface area contributed by atoms with Crippen molar-refractivity contribution in [3.8, 4) is 0 Å². The summed E-state index contributed by atoms with van der Waals surface area (Å²) in [4.78, 5) is 13.1. The lowest BCUT2D eigenvalue weighted by Crippen LogP contribution is -2.65. The first-order valence-corrected chi connectivity index (χ1v) is 28.7. The van der Waals surface area contributed by atoms with E-state index >= 15 is 0 Å².